The van der Waals surface area contributed by atoms with Crippen LogP contribution in [0.25, 0.3) is 0 Å². The quantitative estimate of drug-likeness (QED) is 0.658. The number of hydrogen-bond acceptors (Lipinski definition) is 5. The van der Waals surface area contributed by atoms with Crippen molar-refractivity contribution in [3.63, 3.8) is 0 Å². The number of nitrogens with two attached hydrogens (primary N) is 1. The average Bonchev–Trinajstić information content (AvgIpc) is 2.34. The third-order valence-electron chi connectivity index (χ3n) is 4.19. The summed E-state index contributed by atoms with van der Waals surface area (Å²) in [4.78, 5) is 4.99. The molecule has 0 radical (unpaired) electrons. The second-order valence-corrected chi connectivity index (χ2v) is 6.09. The molecule has 0 amide bonds. The Morgan fingerprint density at radius 2 is 1.94 bits per heavy atom. The zero-order valence-corrected chi connectivity index (χ0v) is 11.9. The molecule has 5 nitrogen and oxygen atoms in total. The van der Waals surface area contributed by atoms with Crippen LogP contribution in [0.5, 0.6) is 0 Å². The van der Waals surface area contributed by atoms with Crippen LogP contribution in [-0.4, -0.2) is 80.8 Å². The molecule has 0 saturated carbocycles. The van der Waals surface area contributed by atoms with E-state index in [4.69, 9.17) is 5.84 Å². The van der Waals surface area contributed by atoms with E-state index >= 15 is 0 Å². The monoisotopic (exact) mass is 255 g/mol. The van der Waals surface area contributed by atoms with Crippen LogP contribution < -0.4 is 11.2 Å². The van der Waals surface area contributed by atoms with Crippen LogP contribution in [0, 0.1) is 5.92 Å². The van der Waals surface area contributed by atoms with E-state index in [1.165, 1.54) is 25.9 Å². The van der Waals surface area contributed by atoms with Crippen LogP contribution in [0.3, 0.4) is 0 Å². The van der Waals surface area contributed by atoms with Crippen molar-refractivity contribution in [3.8, 4) is 0 Å². The normalized spacial score (nSPS) is 29.0. The number of piperidine rings is 1. The zero-order chi connectivity index (χ0) is 13.0. The number of hydrogen-bond donors (Lipinski definition) is 2. The minimum absolute atomic E-state index is 0.671. The van der Waals surface area contributed by atoms with Crippen LogP contribution in [0.1, 0.15) is 12.8 Å². The first-order chi connectivity index (χ1) is 8.65. The van der Waals surface area contributed by atoms with Crippen LogP contribution in [0.4, 0.5) is 0 Å². The molecule has 2 aliphatic rings. The maximum atomic E-state index is 5.83. The van der Waals surface area contributed by atoms with Crippen molar-refractivity contribution >= 4 is 0 Å². The van der Waals surface area contributed by atoms with Gasteiger partial charge >= 0.3 is 0 Å². The molecule has 0 aromatic carbocycles. The highest BCUT2D eigenvalue weighted by Gasteiger charge is 2.26. The molecule has 18 heavy (non-hydrogen) atoms. The second kappa shape index (κ2) is 6.82. The maximum absolute atomic E-state index is 5.83. The standard InChI is InChI=1S/C13H29N5/c1-16(2)11-13-9-15-5-8-17(13)10-12-3-6-18(14)7-4-12/h12-13,15H,3-11,14H2,1-2H3. The summed E-state index contributed by atoms with van der Waals surface area (Å²) in [6, 6.07) is 0.671. The van der Waals surface area contributed by atoms with Crippen molar-refractivity contribution < 1.29 is 0 Å². The fraction of sp³-hybridized carbons (Fsp3) is 1.00. The van der Waals surface area contributed by atoms with Gasteiger partial charge < -0.3 is 10.2 Å². The van der Waals surface area contributed by atoms with Crippen molar-refractivity contribution in [1.82, 2.24) is 20.1 Å². The molecule has 0 aliphatic carbocycles. The van der Waals surface area contributed by atoms with E-state index < -0.39 is 0 Å². The molecule has 2 saturated heterocycles. The fourth-order valence-electron chi connectivity index (χ4n) is 3.11. The van der Waals surface area contributed by atoms with Gasteiger partial charge in [0.25, 0.3) is 0 Å². The van der Waals surface area contributed by atoms with E-state index in [-0.39, 0.29) is 0 Å². The molecule has 0 bridgehead atoms. The minimum Gasteiger partial charge on any atom is -0.314 e. The van der Waals surface area contributed by atoms with Crippen LogP contribution in [-0.2, 0) is 0 Å². The Morgan fingerprint density at radius 3 is 2.61 bits per heavy atom. The fourth-order valence-corrected chi connectivity index (χ4v) is 3.11. The molecule has 2 aliphatic heterocycles. The molecule has 2 rings (SSSR count). The highest BCUT2D eigenvalue weighted by molar-refractivity contribution is 4.84. The number of piperazine rings is 1. The van der Waals surface area contributed by atoms with Gasteiger partial charge in [-0.25, -0.2) is 5.01 Å². The lowest BCUT2D eigenvalue weighted by atomic mass is 9.96. The topological polar surface area (TPSA) is 47.8 Å². The van der Waals surface area contributed by atoms with Crippen LogP contribution in [0.2, 0.25) is 0 Å². The van der Waals surface area contributed by atoms with Gasteiger partial charge in [-0.05, 0) is 32.9 Å². The Balaban J connectivity index is 1.81. The first-order valence-electron chi connectivity index (χ1n) is 7.24. The Morgan fingerprint density at radius 1 is 1.22 bits per heavy atom. The Labute approximate surface area is 111 Å². The van der Waals surface area contributed by atoms with E-state index in [0.717, 1.165) is 38.6 Å². The lowest BCUT2D eigenvalue weighted by Crippen LogP contribution is -2.56. The largest absolute Gasteiger partial charge is 0.314 e. The lowest BCUT2D eigenvalue weighted by molar-refractivity contribution is 0.0883. The summed E-state index contributed by atoms with van der Waals surface area (Å²) in [5.74, 6) is 6.67. The highest BCUT2D eigenvalue weighted by atomic mass is 15.4. The van der Waals surface area contributed by atoms with Crippen molar-refractivity contribution in [2.24, 2.45) is 11.8 Å². The van der Waals surface area contributed by atoms with Gasteiger partial charge in [0.15, 0.2) is 0 Å². The summed E-state index contributed by atoms with van der Waals surface area (Å²) < 4.78 is 0. The molecule has 0 spiro atoms. The average molecular weight is 255 g/mol. The predicted octanol–water partition coefficient (Wildman–Crippen LogP) is -0.592. The Bertz CT molecular complexity index is 238. The molecular weight excluding hydrogens is 226 g/mol. The van der Waals surface area contributed by atoms with Crippen LogP contribution in [0.15, 0.2) is 0 Å². The number of rotatable bonds is 4. The summed E-state index contributed by atoms with van der Waals surface area (Å²) >= 11 is 0. The molecule has 5 heteroatoms. The van der Waals surface area contributed by atoms with Crippen molar-refractivity contribution in [2.75, 3.05) is 59.9 Å². The molecular formula is C13H29N5. The first-order valence-corrected chi connectivity index (χ1v) is 7.24. The molecule has 2 fully saturated rings. The SMILES string of the molecule is CN(C)CC1CNCCN1CC1CCN(N)CC1. The van der Waals surface area contributed by atoms with E-state index in [1.807, 2.05) is 5.01 Å². The van der Waals surface area contributed by atoms with E-state index in [9.17, 15) is 0 Å². The number of nitrogens with zero attached hydrogens (tertiary/aromatic N) is 3. The molecule has 0 aromatic rings. The first kappa shape index (κ1) is 14.2. The van der Waals surface area contributed by atoms with Gasteiger partial charge in [0.05, 0.1) is 0 Å². The van der Waals surface area contributed by atoms with Gasteiger partial charge in [-0.1, -0.05) is 0 Å². The van der Waals surface area contributed by atoms with Gasteiger partial charge in [0, 0.05) is 51.9 Å². The predicted molar refractivity (Wildman–Crippen MR) is 75.3 cm³/mol. The maximum Gasteiger partial charge on any atom is 0.0348 e. The lowest BCUT2D eigenvalue weighted by Gasteiger charge is -2.40. The van der Waals surface area contributed by atoms with Crippen molar-refractivity contribution in [3.05, 3.63) is 0 Å². The van der Waals surface area contributed by atoms with E-state index in [1.54, 1.807) is 0 Å². The third kappa shape index (κ3) is 4.17. The van der Waals surface area contributed by atoms with Gasteiger partial charge in [0.2, 0.25) is 0 Å². The second-order valence-electron chi connectivity index (χ2n) is 6.09. The van der Waals surface area contributed by atoms with Gasteiger partial charge in [-0.2, -0.15) is 0 Å². The summed E-state index contributed by atoms with van der Waals surface area (Å²) in [6.07, 6.45) is 2.52. The Kier molecular flexibility index (Phi) is 5.38. The molecule has 1 atom stereocenters. The molecule has 1 unspecified atom stereocenters. The smallest absolute Gasteiger partial charge is 0.0348 e. The van der Waals surface area contributed by atoms with Crippen molar-refractivity contribution in [2.45, 2.75) is 18.9 Å². The van der Waals surface area contributed by atoms with Crippen LogP contribution >= 0.6 is 0 Å². The Hall–Kier alpha value is -0.200. The minimum atomic E-state index is 0.671. The van der Waals surface area contributed by atoms with Gasteiger partial charge in [0.1, 0.15) is 0 Å². The van der Waals surface area contributed by atoms with Gasteiger partial charge in [-0.15, -0.1) is 0 Å². The van der Waals surface area contributed by atoms with E-state index in [2.05, 4.69) is 29.2 Å². The zero-order valence-electron chi connectivity index (χ0n) is 11.9. The summed E-state index contributed by atoms with van der Waals surface area (Å²) in [5.41, 5.74) is 0. The van der Waals surface area contributed by atoms with E-state index in [0.29, 0.717) is 6.04 Å². The molecule has 2 heterocycles. The third-order valence-corrected chi connectivity index (χ3v) is 4.19. The summed E-state index contributed by atoms with van der Waals surface area (Å²) in [5, 5.41) is 5.48. The highest BCUT2D eigenvalue weighted by Crippen LogP contribution is 2.18. The summed E-state index contributed by atoms with van der Waals surface area (Å²) in [7, 11) is 4.33. The number of likely N-dealkylation sites (N-methyl/N-ethyl adjacent to an activating group) is 1. The number of hydrazine groups is 1. The van der Waals surface area contributed by atoms with Gasteiger partial charge in [-0.3, -0.25) is 10.7 Å². The number of nitrogens with one attached hydrogen (secondary N) is 1. The summed E-state index contributed by atoms with van der Waals surface area (Å²) in [6.45, 7) is 8.01. The molecule has 106 valence electrons. The molecule has 3 N–H and O–H groups in total. The van der Waals surface area contributed by atoms with Crippen molar-refractivity contribution in [1.29, 1.82) is 0 Å². The molecule has 0 aromatic heterocycles.